The topological polar surface area (TPSA) is 26.0 Å². The van der Waals surface area contributed by atoms with Gasteiger partial charge in [0.1, 0.15) is 8.24 Å². The molecule has 0 atom stereocenters. The summed E-state index contributed by atoms with van der Waals surface area (Å²) in [4.78, 5) is 0. The van der Waals surface area contributed by atoms with Crippen LogP contribution in [0.1, 0.15) is 0 Å². The largest absolute Gasteiger partial charge is 0.351 e. The fourth-order valence-corrected chi connectivity index (χ4v) is 1.12. The van der Waals surface area contributed by atoms with Crippen molar-refractivity contribution in [3.63, 3.8) is 0 Å². The third kappa shape index (κ3) is 5.92. The van der Waals surface area contributed by atoms with Crippen LogP contribution >= 0.6 is 0 Å². The van der Waals surface area contributed by atoms with Gasteiger partial charge < -0.3 is 5.40 Å². The van der Waals surface area contributed by atoms with E-state index < -0.39 is 8.24 Å². The van der Waals surface area contributed by atoms with Gasteiger partial charge in [-0.3, -0.25) is 0 Å². The lowest BCUT2D eigenvalue weighted by molar-refractivity contribution is 1.46. The van der Waals surface area contributed by atoms with Crippen molar-refractivity contribution in [1.82, 2.24) is 0 Å². The van der Waals surface area contributed by atoms with Gasteiger partial charge in [0.25, 0.3) is 0 Å². The van der Waals surface area contributed by atoms with Crippen molar-refractivity contribution < 1.29 is 0 Å². The Morgan fingerprint density at radius 1 is 1.71 bits per heavy atom. The van der Waals surface area contributed by atoms with Crippen LogP contribution in [0.3, 0.4) is 0 Å². The lowest BCUT2D eigenvalue weighted by Gasteiger charge is -2.10. The predicted octanol–water partition coefficient (Wildman–Crippen LogP) is 1.34. The van der Waals surface area contributed by atoms with E-state index in [0.29, 0.717) is 0 Å². The third-order valence-corrected chi connectivity index (χ3v) is 2.01. The monoisotopic (exact) mass is 115 g/mol. The van der Waals surface area contributed by atoms with Gasteiger partial charge in [-0.1, -0.05) is 19.2 Å². The molecule has 0 bridgehead atoms. The van der Waals surface area contributed by atoms with Crippen LogP contribution in [0.15, 0.2) is 12.7 Å². The van der Waals surface area contributed by atoms with Crippen molar-refractivity contribution >= 4 is 8.24 Å². The molecule has 0 amide bonds. The summed E-state index contributed by atoms with van der Waals surface area (Å²) >= 11 is 0. The van der Waals surface area contributed by atoms with Crippen molar-refractivity contribution in [3.8, 4) is 0 Å². The molecule has 2 N–H and O–H groups in total. The molecule has 0 aliphatic heterocycles. The molecule has 0 aromatic heterocycles. The molecule has 0 rings (SSSR count). The first-order chi connectivity index (χ1) is 3.06. The summed E-state index contributed by atoms with van der Waals surface area (Å²) in [5.41, 5.74) is 0. The zero-order valence-corrected chi connectivity index (χ0v) is 6.07. The van der Waals surface area contributed by atoms with Gasteiger partial charge in [-0.15, -0.1) is 6.58 Å². The Bertz CT molecular complexity index is 63.0. The molecule has 0 spiro atoms. The highest BCUT2D eigenvalue weighted by atomic mass is 28.3. The van der Waals surface area contributed by atoms with Crippen LogP contribution in [0.5, 0.6) is 0 Å². The average molecular weight is 115 g/mol. The molecule has 0 aliphatic rings. The van der Waals surface area contributed by atoms with E-state index in [1.165, 1.54) is 0 Å². The van der Waals surface area contributed by atoms with Crippen LogP contribution in [0.2, 0.25) is 19.1 Å². The standard InChI is InChI=1S/C5H13NSi/c1-4-5-7(2,3)6/h4H,1,5-6H2,2-3H3. The molecule has 1 nitrogen and oxygen atoms in total. The lowest BCUT2D eigenvalue weighted by atomic mass is 10.8. The van der Waals surface area contributed by atoms with E-state index in [1.807, 2.05) is 6.08 Å². The summed E-state index contributed by atoms with van der Waals surface area (Å²) in [6, 6.07) is 1.02. The van der Waals surface area contributed by atoms with E-state index in [1.54, 1.807) is 0 Å². The first kappa shape index (κ1) is 6.92. The molecular formula is C5H13NSi. The van der Waals surface area contributed by atoms with E-state index in [4.69, 9.17) is 5.40 Å². The number of rotatable bonds is 2. The van der Waals surface area contributed by atoms with Gasteiger partial charge in [-0.05, 0) is 6.04 Å². The third-order valence-electron chi connectivity index (χ3n) is 0.670. The predicted molar refractivity (Wildman–Crippen MR) is 36.7 cm³/mol. The molecule has 42 valence electrons. The van der Waals surface area contributed by atoms with E-state index in [2.05, 4.69) is 19.7 Å². The summed E-state index contributed by atoms with van der Waals surface area (Å²) in [7, 11) is -1.28. The van der Waals surface area contributed by atoms with E-state index in [-0.39, 0.29) is 0 Å². The molecule has 0 aromatic carbocycles. The van der Waals surface area contributed by atoms with Crippen LogP contribution in [-0.4, -0.2) is 8.24 Å². The van der Waals surface area contributed by atoms with Crippen LogP contribution in [-0.2, 0) is 0 Å². The van der Waals surface area contributed by atoms with Crippen molar-refractivity contribution in [3.05, 3.63) is 12.7 Å². The molecule has 0 aromatic rings. The fourth-order valence-electron chi connectivity index (χ4n) is 0.372. The summed E-state index contributed by atoms with van der Waals surface area (Å²) in [5.74, 6) is 0. The first-order valence-electron chi connectivity index (χ1n) is 2.46. The maximum Gasteiger partial charge on any atom is 0.120 e. The maximum atomic E-state index is 5.71. The van der Waals surface area contributed by atoms with Crippen LogP contribution in [0, 0.1) is 0 Å². The second kappa shape index (κ2) is 2.28. The Kier molecular flexibility index (Phi) is 2.26. The highest BCUT2D eigenvalue weighted by molar-refractivity contribution is 6.74. The van der Waals surface area contributed by atoms with E-state index in [0.717, 1.165) is 6.04 Å². The van der Waals surface area contributed by atoms with Gasteiger partial charge in [-0.2, -0.15) is 0 Å². The Balaban J connectivity index is 3.34. The van der Waals surface area contributed by atoms with E-state index >= 15 is 0 Å². The second-order valence-corrected chi connectivity index (χ2v) is 6.87. The zero-order chi connectivity index (χ0) is 5.91. The summed E-state index contributed by atoms with van der Waals surface area (Å²) in [6.07, 6.45) is 1.90. The van der Waals surface area contributed by atoms with Crippen LogP contribution in [0.25, 0.3) is 0 Å². The van der Waals surface area contributed by atoms with Crippen molar-refractivity contribution in [2.75, 3.05) is 0 Å². The molecule has 0 saturated carbocycles. The van der Waals surface area contributed by atoms with Crippen molar-refractivity contribution in [2.45, 2.75) is 19.1 Å². The maximum absolute atomic E-state index is 5.71. The number of nitrogens with two attached hydrogens (primary N) is 1. The quantitative estimate of drug-likeness (QED) is 0.426. The molecule has 7 heavy (non-hydrogen) atoms. The summed E-state index contributed by atoms with van der Waals surface area (Å²) < 4.78 is 0. The van der Waals surface area contributed by atoms with Crippen molar-refractivity contribution in [2.24, 2.45) is 5.40 Å². The van der Waals surface area contributed by atoms with E-state index in [9.17, 15) is 0 Å². The second-order valence-electron chi connectivity index (χ2n) is 2.48. The molecule has 0 radical (unpaired) electrons. The Hall–Kier alpha value is -0.0831. The van der Waals surface area contributed by atoms with Gasteiger partial charge in [-0.25, -0.2) is 0 Å². The minimum Gasteiger partial charge on any atom is -0.351 e. The minimum atomic E-state index is -1.28. The molecule has 0 unspecified atom stereocenters. The zero-order valence-electron chi connectivity index (χ0n) is 5.07. The van der Waals surface area contributed by atoms with Gasteiger partial charge in [0.05, 0.1) is 0 Å². The summed E-state index contributed by atoms with van der Waals surface area (Å²) in [6.45, 7) is 7.84. The average Bonchev–Trinajstić information content (AvgIpc) is 1.30. The molecule has 0 saturated heterocycles. The molecule has 2 heteroatoms. The van der Waals surface area contributed by atoms with Gasteiger partial charge in [0.15, 0.2) is 0 Å². The highest BCUT2D eigenvalue weighted by Gasteiger charge is 2.09. The van der Waals surface area contributed by atoms with Crippen molar-refractivity contribution in [1.29, 1.82) is 0 Å². The normalized spacial score (nSPS) is 11.3. The SMILES string of the molecule is C=CC[Si](C)(C)N. The molecule has 0 aliphatic carbocycles. The van der Waals surface area contributed by atoms with Gasteiger partial charge >= 0.3 is 0 Å². The fraction of sp³-hybridized carbons (Fsp3) is 0.600. The van der Waals surface area contributed by atoms with Gasteiger partial charge in [0, 0.05) is 0 Å². The van der Waals surface area contributed by atoms with Gasteiger partial charge in [0.2, 0.25) is 0 Å². The van der Waals surface area contributed by atoms with Crippen LogP contribution < -0.4 is 5.40 Å². The minimum absolute atomic E-state index is 1.02. The first-order valence-corrected chi connectivity index (χ1v) is 5.74. The summed E-state index contributed by atoms with van der Waals surface area (Å²) in [5, 5.41) is 5.71. The Morgan fingerprint density at radius 3 is 2.14 bits per heavy atom. The number of hydrogen-bond donors (Lipinski definition) is 1. The highest BCUT2D eigenvalue weighted by Crippen LogP contribution is 1.98. The van der Waals surface area contributed by atoms with Crippen LogP contribution in [0.4, 0.5) is 0 Å². The molecular weight excluding hydrogens is 102 g/mol. The Labute approximate surface area is 46.3 Å². The smallest absolute Gasteiger partial charge is 0.120 e. The molecule has 0 heterocycles. The number of hydrogen-bond acceptors (Lipinski definition) is 1. The number of allylic oxidation sites excluding steroid dienone is 1. The Morgan fingerprint density at radius 2 is 2.14 bits per heavy atom. The lowest BCUT2D eigenvalue weighted by Crippen LogP contribution is -2.36. The molecule has 0 fully saturated rings.